The monoisotopic (exact) mass is 437 g/mol. The summed E-state index contributed by atoms with van der Waals surface area (Å²) in [7, 11) is 0. The van der Waals surface area contributed by atoms with E-state index in [0.29, 0.717) is 11.3 Å². The molecule has 0 saturated carbocycles. The Morgan fingerprint density at radius 1 is 1.00 bits per heavy atom. The number of rotatable bonds is 3. The summed E-state index contributed by atoms with van der Waals surface area (Å²) < 4.78 is 46.0. The van der Waals surface area contributed by atoms with Crippen molar-refractivity contribution in [3.8, 4) is 11.3 Å². The number of hydrogen-bond donors (Lipinski definition) is 1. The van der Waals surface area contributed by atoms with Crippen molar-refractivity contribution in [1.29, 1.82) is 0 Å². The maximum absolute atomic E-state index is 13.4. The number of aryl methyl sites for hydroxylation is 2. The second-order valence-electron chi connectivity index (χ2n) is 6.19. The molecule has 0 bridgehead atoms. The highest BCUT2D eigenvalue weighted by atomic mass is 79.9. The molecule has 0 radical (unpaired) electrons. The standard InChI is InChI=1S/C20H15BrF3NO2/c1-11-7-12(2)9-15(8-11)25-19(26)16-10-17(27-18(16)20(22,23)24)13-3-5-14(21)6-4-13/h3-10H,1-2H3,(H,25,26). The van der Waals surface area contributed by atoms with Crippen LogP contribution < -0.4 is 5.32 Å². The number of hydrogen-bond acceptors (Lipinski definition) is 2. The van der Waals surface area contributed by atoms with Crippen LogP contribution in [0, 0.1) is 13.8 Å². The van der Waals surface area contributed by atoms with E-state index in [2.05, 4.69) is 21.2 Å². The zero-order chi connectivity index (χ0) is 19.8. The van der Waals surface area contributed by atoms with Crippen LogP contribution in [0.5, 0.6) is 0 Å². The Kier molecular flexibility index (Phi) is 5.15. The summed E-state index contributed by atoms with van der Waals surface area (Å²) in [6.07, 6.45) is -4.79. The molecule has 3 nitrogen and oxygen atoms in total. The topological polar surface area (TPSA) is 42.2 Å². The van der Waals surface area contributed by atoms with Crippen LogP contribution in [0.25, 0.3) is 11.3 Å². The van der Waals surface area contributed by atoms with Crippen LogP contribution in [0.15, 0.2) is 57.4 Å². The van der Waals surface area contributed by atoms with E-state index in [4.69, 9.17) is 4.42 Å². The van der Waals surface area contributed by atoms with Crippen LogP contribution >= 0.6 is 15.9 Å². The van der Waals surface area contributed by atoms with Gasteiger partial charge in [0.2, 0.25) is 5.76 Å². The van der Waals surface area contributed by atoms with Gasteiger partial charge >= 0.3 is 6.18 Å². The van der Waals surface area contributed by atoms with Gasteiger partial charge < -0.3 is 9.73 Å². The van der Waals surface area contributed by atoms with Gasteiger partial charge in [0.05, 0.1) is 5.56 Å². The minimum absolute atomic E-state index is 0.0274. The number of nitrogens with one attached hydrogen (secondary N) is 1. The predicted octanol–water partition coefficient (Wildman–Crippen LogP) is 6.60. The van der Waals surface area contributed by atoms with Crippen molar-refractivity contribution in [3.05, 3.63) is 75.5 Å². The van der Waals surface area contributed by atoms with Gasteiger partial charge in [-0.15, -0.1) is 0 Å². The third-order valence-electron chi connectivity index (χ3n) is 3.84. The number of carbonyl (C=O) groups excluding carboxylic acids is 1. The molecule has 140 valence electrons. The summed E-state index contributed by atoms with van der Waals surface area (Å²) in [5, 5.41) is 2.52. The van der Waals surface area contributed by atoms with Gasteiger partial charge in [-0.25, -0.2) is 0 Å². The molecule has 3 aromatic rings. The van der Waals surface area contributed by atoms with Gasteiger partial charge in [0.15, 0.2) is 0 Å². The SMILES string of the molecule is Cc1cc(C)cc(NC(=O)c2cc(-c3ccc(Br)cc3)oc2C(F)(F)F)c1. The largest absolute Gasteiger partial charge is 0.451 e. The Morgan fingerprint density at radius 3 is 2.15 bits per heavy atom. The fourth-order valence-corrected chi connectivity index (χ4v) is 3.04. The number of amides is 1. The molecule has 3 rings (SSSR count). The first-order valence-electron chi connectivity index (χ1n) is 8.00. The van der Waals surface area contributed by atoms with Gasteiger partial charge in [0, 0.05) is 15.7 Å². The Hall–Kier alpha value is -2.54. The van der Waals surface area contributed by atoms with E-state index in [1.807, 2.05) is 19.9 Å². The highest BCUT2D eigenvalue weighted by Crippen LogP contribution is 2.37. The van der Waals surface area contributed by atoms with Crippen molar-refractivity contribution in [2.45, 2.75) is 20.0 Å². The molecule has 0 fully saturated rings. The summed E-state index contributed by atoms with van der Waals surface area (Å²) in [6, 6.07) is 13.0. The zero-order valence-corrected chi connectivity index (χ0v) is 16.0. The van der Waals surface area contributed by atoms with E-state index >= 15 is 0 Å². The van der Waals surface area contributed by atoms with Gasteiger partial charge in [-0.2, -0.15) is 13.2 Å². The lowest BCUT2D eigenvalue weighted by molar-refractivity contribution is -0.153. The third kappa shape index (κ3) is 4.42. The van der Waals surface area contributed by atoms with Crippen LogP contribution in [0.4, 0.5) is 18.9 Å². The van der Waals surface area contributed by atoms with E-state index in [-0.39, 0.29) is 5.76 Å². The lowest BCUT2D eigenvalue weighted by atomic mass is 10.1. The normalized spacial score (nSPS) is 11.5. The van der Waals surface area contributed by atoms with Crippen molar-refractivity contribution in [2.75, 3.05) is 5.32 Å². The maximum Gasteiger partial charge on any atom is 0.450 e. The summed E-state index contributed by atoms with van der Waals surface area (Å²) in [6.45, 7) is 3.68. The molecule has 1 N–H and O–H groups in total. The van der Waals surface area contributed by atoms with Crippen LogP contribution in [0.3, 0.4) is 0 Å². The second-order valence-corrected chi connectivity index (χ2v) is 7.10. The molecule has 1 heterocycles. The van der Waals surface area contributed by atoms with Gasteiger partial charge in [0.1, 0.15) is 5.76 Å². The van der Waals surface area contributed by atoms with E-state index in [1.54, 1.807) is 36.4 Å². The Morgan fingerprint density at radius 2 is 1.59 bits per heavy atom. The number of benzene rings is 2. The van der Waals surface area contributed by atoms with Crippen molar-refractivity contribution >= 4 is 27.5 Å². The van der Waals surface area contributed by atoms with Crippen molar-refractivity contribution in [1.82, 2.24) is 0 Å². The Labute approximate surface area is 162 Å². The van der Waals surface area contributed by atoms with E-state index in [1.165, 1.54) is 0 Å². The van der Waals surface area contributed by atoms with Gasteiger partial charge in [-0.3, -0.25) is 4.79 Å². The summed E-state index contributed by atoms with van der Waals surface area (Å²) in [4.78, 5) is 12.5. The molecular formula is C20H15BrF3NO2. The Balaban J connectivity index is 2.00. The molecule has 0 aliphatic rings. The second kappa shape index (κ2) is 7.23. The fraction of sp³-hybridized carbons (Fsp3) is 0.150. The van der Waals surface area contributed by atoms with Crippen LogP contribution in [-0.2, 0) is 6.18 Å². The highest BCUT2D eigenvalue weighted by molar-refractivity contribution is 9.10. The third-order valence-corrected chi connectivity index (χ3v) is 4.37. The average molecular weight is 438 g/mol. The Bertz CT molecular complexity index is 971. The molecule has 27 heavy (non-hydrogen) atoms. The number of alkyl halides is 3. The minimum Gasteiger partial charge on any atom is -0.451 e. The van der Waals surface area contributed by atoms with Crippen LogP contribution in [0.1, 0.15) is 27.2 Å². The first kappa shape index (κ1) is 19.2. The smallest absolute Gasteiger partial charge is 0.450 e. The average Bonchev–Trinajstić information content (AvgIpc) is 3.00. The van der Waals surface area contributed by atoms with E-state index < -0.39 is 23.4 Å². The quantitative estimate of drug-likeness (QED) is 0.501. The predicted molar refractivity (Wildman–Crippen MR) is 101 cm³/mol. The molecule has 2 aromatic carbocycles. The molecule has 0 aliphatic heterocycles. The molecule has 7 heteroatoms. The lowest BCUT2D eigenvalue weighted by Crippen LogP contribution is -2.17. The lowest BCUT2D eigenvalue weighted by Gasteiger charge is -2.09. The van der Waals surface area contributed by atoms with Crippen LogP contribution in [0.2, 0.25) is 0 Å². The molecule has 1 aromatic heterocycles. The van der Waals surface area contributed by atoms with Crippen molar-refractivity contribution < 1.29 is 22.4 Å². The fourth-order valence-electron chi connectivity index (χ4n) is 2.77. The number of anilines is 1. The molecule has 0 aliphatic carbocycles. The minimum atomic E-state index is -4.79. The number of halogens is 4. The molecule has 0 unspecified atom stereocenters. The van der Waals surface area contributed by atoms with Gasteiger partial charge in [-0.1, -0.05) is 34.1 Å². The van der Waals surface area contributed by atoms with E-state index in [0.717, 1.165) is 21.7 Å². The molecule has 0 atom stereocenters. The van der Waals surface area contributed by atoms with Gasteiger partial charge in [0.25, 0.3) is 5.91 Å². The maximum atomic E-state index is 13.4. The highest BCUT2D eigenvalue weighted by Gasteiger charge is 2.40. The zero-order valence-electron chi connectivity index (χ0n) is 14.4. The number of furan rings is 1. The molecular weight excluding hydrogens is 423 g/mol. The van der Waals surface area contributed by atoms with E-state index in [9.17, 15) is 18.0 Å². The molecule has 1 amide bonds. The molecule has 0 spiro atoms. The van der Waals surface area contributed by atoms with Gasteiger partial charge in [-0.05, 0) is 55.3 Å². The first-order valence-corrected chi connectivity index (χ1v) is 8.79. The first-order chi connectivity index (χ1) is 12.6. The summed E-state index contributed by atoms with van der Waals surface area (Å²) >= 11 is 3.27. The van der Waals surface area contributed by atoms with Crippen molar-refractivity contribution in [2.24, 2.45) is 0 Å². The number of carbonyl (C=O) groups is 1. The summed E-state index contributed by atoms with van der Waals surface area (Å²) in [5.74, 6) is -2.22. The molecule has 0 saturated heterocycles. The van der Waals surface area contributed by atoms with Crippen molar-refractivity contribution in [3.63, 3.8) is 0 Å². The van der Waals surface area contributed by atoms with Crippen LogP contribution in [-0.4, -0.2) is 5.91 Å². The summed E-state index contributed by atoms with van der Waals surface area (Å²) in [5.41, 5.74) is 2.10.